The van der Waals surface area contributed by atoms with Gasteiger partial charge in [0.05, 0.1) is 12.6 Å². The summed E-state index contributed by atoms with van der Waals surface area (Å²) in [5.41, 5.74) is 1.45. The first-order valence-corrected chi connectivity index (χ1v) is 7.30. The normalized spacial score (nSPS) is 11.3. The Kier molecular flexibility index (Phi) is 6.20. The summed E-state index contributed by atoms with van der Waals surface area (Å²) in [7, 11) is 0. The topological polar surface area (TPSA) is 70.6 Å². The Labute approximate surface area is 135 Å². The molecule has 0 bridgehead atoms. The summed E-state index contributed by atoms with van der Waals surface area (Å²) in [6.07, 6.45) is 1.65. The Bertz CT molecular complexity index is 644. The molecule has 0 aliphatic carbocycles. The van der Waals surface area contributed by atoms with Crippen LogP contribution in [0.15, 0.2) is 67.3 Å². The highest BCUT2D eigenvalue weighted by atomic mass is 16.5. The SMILES string of the molecule is C=CCOc1cccc(NC(=O)N[C@H](CO)c2ccccc2)c1. The van der Waals surface area contributed by atoms with Crippen LogP contribution in [0.25, 0.3) is 0 Å². The molecular formula is C18H20N2O3. The number of urea groups is 1. The van der Waals surface area contributed by atoms with E-state index in [1.807, 2.05) is 30.3 Å². The fourth-order valence-electron chi connectivity index (χ4n) is 2.06. The van der Waals surface area contributed by atoms with Crippen LogP contribution in [0.4, 0.5) is 10.5 Å². The summed E-state index contributed by atoms with van der Waals surface area (Å²) in [5, 5.41) is 14.9. The molecule has 0 aliphatic rings. The van der Waals surface area contributed by atoms with Crippen molar-refractivity contribution in [3.63, 3.8) is 0 Å². The summed E-state index contributed by atoms with van der Waals surface area (Å²) >= 11 is 0. The number of anilines is 1. The lowest BCUT2D eigenvalue weighted by molar-refractivity contribution is 0.225. The molecule has 2 rings (SSSR count). The van der Waals surface area contributed by atoms with E-state index in [0.29, 0.717) is 18.0 Å². The largest absolute Gasteiger partial charge is 0.489 e. The van der Waals surface area contributed by atoms with Crippen molar-refractivity contribution in [2.45, 2.75) is 6.04 Å². The maximum Gasteiger partial charge on any atom is 0.319 e. The number of ether oxygens (including phenoxy) is 1. The third kappa shape index (κ3) is 5.16. The van der Waals surface area contributed by atoms with Gasteiger partial charge in [-0.15, -0.1) is 0 Å². The third-order valence-corrected chi connectivity index (χ3v) is 3.15. The molecule has 2 amide bonds. The predicted molar refractivity (Wildman–Crippen MR) is 90.6 cm³/mol. The van der Waals surface area contributed by atoms with E-state index in [4.69, 9.17) is 4.74 Å². The number of aliphatic hydroxyl groups is 1. The molecule has 0 radical (unpaired) electrons. The lowest BCUT2D eigenvalue weighted by Gasteiger charge is -2.17. The van der Waals surface area contributed by atoms with E-state index in [1.54, 1.807) is 30.3 Å². The Hall–Kier alpha value is -2.79. The van der Waals surface area contributed by atoms with E-state index in [9.17, 15) is 9.90 Å². The van der Waals surface area contributed by atoms with Gasteiger partial charge < -0.3 is 20.5 Å². The lowest BCUT2D eigenvalue weighted by Crippen LogP contribution is -2.34. The molecule has 2 aromatic carbocycles. The minimum Gasteiger partial charge on any atom is -0.489 e. The number of hydrogen-bond acceptors (Lipinski definition) is 3. The van der Waals surface area contributed by atoms with Crippen LogP contribution in [-0.2, 0) is 0 Å². The molecule has 0 saturated heterocycles. The summed E-state index contributed by atoms with van der Waals surface area (Å²) < 4.78 is 5.42. The minimum atomic E-state index is -0.462. The highest BCUT2D eigenvalue weighted by Gasteiger charge is 2.13. The van der Waals surface area contributed by atoms with Gasteiger partial charge in [-0.1, -0.05) is 49.1 Å². The number of rotatable bonds is 7. The molecule has 0 saturated carbocycles. The van der Waals surface area contributed by atoms with Crippen molar-refractivity contribution in [1.82, 2.24) is 5.32 Å². The van der Waals surface area contributed by atoms with Crippen molar-refractivity contribution in [1.29, 1.82) is 0 Å². The van der Waals surface area contributed by atoms with Crippen molar-refractivity contribution in [3.05, 3.63) is 72.8 Å². The molecule has 0 unspecified atom stereocenters. The van der Waals surface area contributed by atoms with Gasteiger partial charge in [-0.05, 0) is 17.7 Å². The number of carbonyl (C=O) groups is 1. The summed E-state index contributed by atoms with van der Waals surface area (Å²) in [6, 6.07) is 15.5. The monoisotopic (exact) mass is 312 g/mol. The standard InChI is InChI=1S/C18H20N2O3/c1-2-11-23-16-10-6-9-15(12-16)19-18(22)20-17(13-21)14-7-4-3-5-8-14/h2-10,12,17,21H,1,11,13H2,(H2,19,20,22)/t17-/m1/s1. The highest BCUT2D eigenvalue weighted by Crippen LogP contribution is 2.18. The van der Waals surface area contributed by atoms with E-state index in [2.05, 4.69) is 17.2 Å². The van der Waals surface area contributed by atoms with Gasteiger partial charge in [0.2, 0.25) is 0 Å². The molecule has 5 heteroatoms. The Morgan fingerprint density at radius 2 is 2.00 bits per heavy atom. The van der Waals surface area contributed by atoms with Crippen LogP contribution in [0.1, 0.15) is 11.6 Å². The molecule has 0 spiro atoms. The van der Waals surface area contributed by atoms with Gasteiger partial charge in [0, 0.05) is 11.8 Å². The molecule has 23 heavy (non-hydrogen) atoms. The van der Waals surface area contributed by atoms with Crippen LogP contribution in [0.3, 0.4) is 0 Å². The molecule has 120 valence electrons. The van der Waals surface area contributed by atoms with E-state index in [1.165, 1.54) is 0 Å². The number of amides is 2. The number of benzene rings is 2. The summed E-state index contributed by atoms with van der Waals surface area (Å²) in [5.74, 6) is 0.643. The number of hydrogen-bond donors (Lipinski definition) is 3. The summed E-state index contributed by atoms with van der Waals surface area (Å²) in [6.45, 7) is 3.81. The maximum atomic E-state index is 12.1. The van der Waals surface area contributed by atoms with Crippen molar-refractivity contribution >= 4 is 11.7 Å². The molecular weight excluding hydrogens is 292 g/mol. The van der Waals surface area contributed by atoms with Crippen LogP contribution >= 0.6 is 0 Å². The minimum absolute atomic E-state index is 0.181. The zero-order chi connectivity index (χ0) is 16.5. The van der Waals surface area contributed by atoms with Gasteiger partial charge in [0.15, 0.2) is 0 Å². The van der Waals surface area contributed by atoms with Crippen LogP contribution in [0.5, 0.6) is 5.75 Å². The molecule has 0 aliphatic heterocycles. The molecule has 5 nitrogen and oxygen atoms in total. The van der Waals surface area contributed by atoms with Crippen molar-refractivity contribution in [2.24, 2.45) is 0 Å². The van der Waals surface area contributed by atoms with Crippen LogP contribution in [-0.4, -0.2) is 24.4 Å². The molecule has 3 N–H and O–H groups in total. The second-order valence-electron chi connectivity index (χ2n) is 4.87. The van der Waals surface area contributed by atoms with Gasteiger partial charge in [-0.3, -0.25) is 0 Å². The highest BCUT2D eigenvalue weighted by molar-refractivity contribution is 5.89. The third-order valence-electron chi connectivity index (χ3n) is 3.15. The van der Waals surface area contributed by atoms with E-state index in [0.717, 1.165) is 5.56 Å². The molecule has 0 fully saturated rings. The average molecular weight is 312 g/mol. The fraction of sp³-hybridized carbons (Fsp3) is 0.167. The molecule has 0 aromatic heterocycles. The van der Waals surface area contributed by atoms with Crippen molar-refractivity contribution in [3.8, 4) is 5.75 Å². The zero-order valence-corrected chi connectivity index (χ0v) is 12.7. The predicted octanol–water partition coefficient (Wildman–Crippen LogP) is 3.11. The summed E-state index contributed by atoms with van der Waals surface area (Å²) in [4.78, 5) is 12.1. The maximum absolute atomic E-state index is 12.1. The Morgan fingerprint density at radius 3 is 2.70 bits per heavy atom. The first kappa shape index (κ1) is 16.6. The smallest absolute Gasteiger partial charge is 0.319 e. The van der Waals surface area contributed by atoms with E-state index < -0.39 is 12.1 Å². The van der Waals surface area contributed by atoms with Crippen molar-refractivity contribution < 1.29 is 14.6 Å². The van der Waals surface area contributed by atoms with Gasteiger partial charge in [0.25, 0.3) is 0 Å². The van der Waals surface area contributed by atoms with Gasteiger partial charge in [-0.2, -0.15) is 0 Å². The number of aliphatic hydroxyl groups excluding tert-OH is 1. The molecule has 0 heterocycles. The van der Waals surface area contributed by atoms with Gasteiger partial charge >= 0.3 is 6.03 Å². The molecule has 1 atom stereocenters. The Morgan fingerprint density at radius 1 is 1.22 bits per heavy atom. The van der Waals surface area contributed by atoms with E-state index in [-0.39, 0.29) is 6.61 Å². The van der Waals surface area contributed by atoms with Gasteiger partial charge in [-0.25, -0.2) is 4.79 Å². The first-order valence-electron chi connectivity index (χ1n) is 7.30. The second kappa shape index (κ2) is 8.60. The fourth-order valence-corrected chi connectivity index (χ4v) is 2.06. The van der Waals surface area contributed by atoms with E-state index >= 15 is 0 Å². The second-order valence-corrected chi connectivity index (χ2v) is 4.87. The average Bonchev–Trinajstić information content (AvgIpc) is 2.59. The Balaban J connectivity index is 1.97. The number of nitrogens with one attached hydrogen (secondary N) is 2. The number of carbonyl (C=O) groups excluding carboxylic acids is 1. The quantitative estimate of drug-likeness (QED) is 0.688. The van der Waals surface area contributed by atoms with Gasteiger partial charge in [0.1, 0.15) is 12.4 Å². The lowest BCUT2D eigenvalue weighted by atomic mass is 10.1. The molecule has 2 aromatic rings. The van der Waals surface area contributed by atoms with Crippen LogP contribution in [0.2, 0.25) is 0 Å². The van der Waals surface area contributed by atoms with Crippen LogP contribution < -0.4 is 15.4 Å². The van der Waals surface area contributed by atoms with Crippen LogP contribution in [0, 0.1) is 0 Å². The van der Waals surface area contributed by atoms with Crippen molar-refractivity contribution in [2.75, 3.05) is 18.5 Å². The zero-order valence-electron chi connectivity index (χ0n) is 12.7. The first-order chi connectivity index (χ1) is 11.2.